The maximum atomic E-state index is 11.7. The summed E-state index contributed by atoms with van der Waals surface area (Å²) in [6.07, 6.45) is 0. The molecule has 1 aliphatic heterocycles. The van der Waals surface area contributed by atoms with Gasteiger partial charge in [0.25, 0.3) is 0 Å². The third-order valence-corrected chi connectivity index (χ3v) is 5.17. The van der Waals surface area contributed by atoms with Gasteiger partial charge in [-0.25, -0.2) is 4.79 Å². The molecule has 0 aromatic heterocycles. The van der Waals surface area contributed by atoms with E-state index in [-0.39, 0.29) is 0 Å². The van der Waals surface area contributed by atoms with Crippen molar-refractivity contribution in [2.75, 3.05) is 0 Å². The van der Waals surface area contributed by atoms with E-state index in [0.717, 1.165) is 0 Å². The Balaban J connectivity index is 2.30. The van der Waals surface area contributed by atoms with Crippen molar-refractivity contribution in [2.45, 2.75) is 25.6 Å². The molecule has 0 aliphatic carbocycles. The van der Waals surface area contributed by atoms with Crippen LogP contribution in [0.4, 0.5) is 4.79 Å². The van der Waals surface area contributed by atoms with Gasteiger partial charge in [0, 0.05) is 0 Å². The second-order valence-electron chi connectivity index (χ2n) is 5.61. The molecule has 1 aromatic rings. The lowest BCUT2D eigenvalue weighted by molar-refractivity contribution is -0.132. The standard InChI is InChI=1S/C13H16N2O3Si/c1-19(2,3)9-6-4-8(5-7-9)10-11(16)14-13(18)15-12(10)17/h4-7,10H,1-3H3,(H2,14,15,16,17,18). The van der Waals surface area contributed by atoms with Gasteiger partial charge in [-0.1, -0.05) is 49.1 Å². The zero-order valence-electron chi connectivity index (χ0n) is 11.1. The maximum Gasteiger partial charge on any atom is 0.328 e. The number of hydrogen-bond acceptors (Lipinski definition) is 3. The Labute approximate surface area is 112 Å². The molecule has 1 heterocycles. The summed E-state index contributed by atoms with van der Waals surface area (Å²) in [6.45, 7) is 6.67. The topological polar surface area (TPSA) is 75.3 Å². The van der Waals surface area contributed by atoms with Gasteiger partial charge in [0.15, 0.2) is 0 Å². The summed E-state index contributed by atoms with van der Waals surface area (Å²) in [7, 11) is -1.41. The Morgan fingerprint density at radius 1 is 0.895 bits per heavy atom. The molecule has 4 amide bonds. The third kappa shape index (κ3) is 2.73. The van der Waals surface area contributed by atoms with Crippen LogP contribution in [0.25, 0.3) is 0 Å². The van der Waals surface area contributed by atoms with Gasteiger partial charge in [0.1, 0.15) is 5.92 Å². The lowest BCUT2D eigenvalue weighted by atomic mass is 9.96. The van der Waals surface area contributed by atoms with E-state index in [2.05, 4.69) is 30.3 Å². The van der Waals surface area contributed by atoms with E-state index in [1.54, 1.807) is 12.1 Å². The molecule has 1 aliphatic rings. The number of rotatable bonds is 2. The summed E-state index contributed by atoms with van der Waals surface area (Å²) in [5.41, 5.74) is 0.601. The Hall–Kier alpha value is -1.95. The van der Waals surface area contributed by atoms with E-state index in [4.69, 9.17) is 0 Å². The average Bonchev–Trinajstić information content (AvgIpc) is 2.27. The molecule has 0 bridgehead atoms. The number of carbonyl (C=O) groups excluding carboxylic acids is 3. The summed E-state index contributed by atoms with van der Waals surface area (Å²) in [5, 5.41) is 5.46. The van der Waals surface area contributed by atoms with Crippen LogP contribution in [0.3, 0.4) is 0 Å². The van der Waals surface area contributed by atoms with Crippen molar-refractivity contribution in [1.29, 1.82) is 0 Å². The SMILES string of the molecule is C[Si](C)(C)c1ccc(C2C(=O)NC(=O)NC2=O)cc1. The van der Waals surface area contributed by atoms with Crippen LogP contribution in [0, 0.1) is 0 Å². The van der Waals surface area contributed by atoms with E-state index in [9.17, 15) is 14.4 Å². The minimum absolute atomic E-state index is 0.575. The first-order valence-electron chi connectivity index (χ1n) is 6.05. The van der Waals surface area contributed by atoms with Crippen LogP contribution in [0.15, 0.2) is 24.3 Å². The average molecular weight is 276 g/mol. The Morgan fingerprint density at radius 3 is 1.79 bits per heavy atom. The zero-order valence-corrected chi connectivity index (χ0v) is 12.1. The van der Waals surface area contributed by atoms with Crippen molar-refractivity contribution in [3.05, 3.63) is 29.8 Å². The van der Waals surface area contributed by atoms with Gasteiger partial charge in [-0.05, 0) is 5.56 Å². The van der Waals surface area contributed by atoms with Crippen LogP contribution in [-0.4, -0.2) is 25.9 Å². The van der Waals surface area contributed by atoms with Crippen LogP contribution in [0.2, 0.25) is 19.6 Å². The molecule has 0 spiro atoms. The number of hydrogen-bond donors (Lipinski definition) is 2. The highest BCUT2D eigenvalue weighted by atomic mass is 28.3. The number of urea groups is 1. The smallest absolute Gasteiger partial charge is 0.277 e. The molecule has 0 saturated carbocycles. The molecule has 6 heteroatoms. The number of imide groups is 2. The summed E-state index contributed by atoms with van der Waals surface area (Å²) in [4.78, 5) is 34.4. The van der Waals surface area contributed by atoms with Gasteiger partial charge in [0.05, 0.1) is 8.07 Å². The molecule has 0 atom stereocenters. The number of carbonyl (C=O) groups is 3. The predicted molar refractivity (Wildman–Crippen MR) is 73.8 cm³/mol. The number of amides is 4. The molecule has 0 radical (unpaired) electrons. The molecule has 2 rings (SSSR count). The fraction of sp³-hybridized carbons (Fsp3) is 0.308. The minimum Gasteiger partial charge on any atom is -0.277 e. The van der Waals surface area contributed by atoms with Crippen LogP contribution in [-0.2, 0) is 9.59 Å². The van der Waals surface area contributed by atoms with Gasteiger partial charge < -0.3 is 0 Å². The molecule has 2 N–H and O–H groups in total. The monoisotopic (exact) mass is 276 g/mol. The number of benzene rings is 1. The molecule has 0 unspecified atom stereocenters. The molecular weight excluding hydrogens is 260 g/mol. The van der Waals surface area contributed by atoms with E-state index in [0.29, 0.717) is 5.56 Å². The Kier molecular flexibility index (Phi) is 3.28. The third-order valence-electron chi connectivity index (χ3n) is 3.11. The molecule has 19 heavy (non-hydrogen) atoms. The van der Waals surface area contributed by atoms with E-state index in [1.807, 2.05) is 12.1 Å². The fourth-order valence-electron chi connectivity index (χ4n) is 2.00. The lowest BCUT2D eigenvalue weighted by Crippen LogP contribution is -2.54. The normalized spacial score (nSPS) is 17.1. The first-order chi connectivity index (χ1) is 8.79. The van der Waals surface area contributed by atoms with Crippen molar-refractivity contribution in [3.63, 3.8) is 0 Å². The quantitative estimate of drug-likeness (QED) is 0.616. The van der Waals surface area contributed by atoms with Crippen molar-refractivity contribution >= 4 is 31.1 Å². The van der Waals surface area contributed by atoms with Crippen LogP contribution >= 0.6 is 0 Å². The van der Waals surface area contributed by atoms with Gasteiger partial charge in [-0.15, -0.1) is 0 Å². The number of barbiturate groups is 1. The molecule has 100 valence electrons. The van der Waals surface area contributed by atoms with Crippen molar-refractivity contribution in [1.82, 2.24) is 10.6 Å². The van der Waals surface area contributed by atoms with E-state index in [1.165, 1.54) is 5.19 Å². The molecule has 5 nitrogen and oxygen atoms in total. The molecule has 1 fully saturated rings. The lowest BCUT2D eigenvalue weighted by Gasteiger charge is -2.22. The van der Waals surface area contributed by atoms with Crippen LogP contribution in [0.5, 0.6) is 0 Å². The van der Waals surface area contributed by atoms with Crippen molar-refractivity contribution in [2.24, 2.45) is 0 Å². The largest absolute Gasteiger partial charge is 0.328 e. The molecule has 1 saturated heterocycles. The summed E-state index contributed by atoms with van der Waals surface area (Å²) in [5.74, 6) is -2.10. The first kappa shape index (κ1) is 13.5. The first-order valence-corrected chi connectivity index (χ1v) is 9.55. The van der Waals surface area contributed by atoms with Gasteiger partial charge in [-0.2, -0.15) is 0 Å². The van der Waals surface area contributed by atoms with Crippen molar-refractivity contribution in [3.8, 4) is 0 Å². The highest BCUT2D eigenvalue weighted by Crippen LogP contribution is 2.18. The van der Waals surface area contributed by atoms with Gasteiger partial charge in [-0.3, -0.25) is 20.2 Å². The zero-order chi connectivity index (χ0) is 14.2. The van der Waals surface area contributed by atoms with Crippen LogP contribution < -0.4 is 15.8 Å². The van der Waals surface area contributed by atoms with E-state index < -0.39 is 31.8 Å². The highest BCUT2D eigenvalue weighted by molar-refractivity contribution is 6.88. The van der Waals surface area contributed by atoms with Gasteiger partial charge >= 0.3 is 6.03 Å². The predicted octanol–water partition coefficient (Wildman–Crippen LogP) is 0.681. The van der Waals surface area contributed by atoms with Crippen LogP contribution in [0.1, 0.15) is 11.5 Å². The summed E-state index contributed by atoms with van der Waals surface area (Å²) < 4.78 is 0. The molecule has 1 aromatic carbocycles. The summed E-state index contributed by atoms with van der Waals surface area (Å²) in [6, 6.07) is 6.72. The Bertz CT molecular complexity index is 526. The second-order valence-corrected chi connectivity index (χ2v) is 10.7. The van der Waals surface area contributed by atoms with E-state index >= 15 is 0 Å². The summed E-state index contributed by atoms with van der Waals surface area (Å²) >= 11 is 0. The number of nitrogens with one attached hydrogen (secondary N) is 2. The highest BCUT2D eigenvalue weighted by Gasteiger charge is 2.35. The maximum absolute atomic E-state index is 11.7. The second kappa shape index (κ2) is 4.62. The van der Waals surface area contributed by atoms with Crippen molar-refractivity contribution < 1.29 is 14.4 Å². The van der Waals surface area contributed by atoms with Gasteiger partial charge in [0.2, 0.25) is 11.8 Å². The fourth-order valence-corrected chi connectivity index (χ4v) is 3.16. The molecular formula is C13H16N2O3Si. The minimum atomic E-state index is -1.41. The Morgan fingerprint density at radius 2 is 1.37 bits per heavy atom.